The summed E-state index contributed by atoms with van der Waals surface area (Å²) >= 11 is 9.50. The highest BCUT2D eigenvalue weighted by molar-refractivity contribution is 9.10. The van der Waals surface area contributed by atoms with Crippen LogP contribution in [0.5, 0.6) is 5.75 Å². The van der Waals surface area contributed by atoms with E-state index in [1.807, 2.05) is 30.3 Å². The lowest BCUT2D eigenvalue weighted by Crippen LogP contribution is -2.38. The molecule has 5 heteroatoms. The molecule has 0 N–H and O–H groups in total. The van der Waals surface area contributed by atoms with E-state index in [1.165, 1.54) is 0 Å². The van der Waals surface area contributed by atoms with Crippen molar-refractivity contribution in [2.45, 2.75) is 0 Å². The first-order valence-corrected chi connectivity index (χ1v) is 7.32. The van der Waals surface area contributed by atoms with Crippen LogP contribution in [0.4, 0.5) is 5.69 Å². The first-order valence-electron chi connectivity index (χ1n) is 6.15. The number of hydrogen-bond acceptors (Lipinski definition) is 2. The third kappa shape index (κ3) is 2.41. The smallest absolute Gasteiger partial charge is 0.260 e. The third-order valence-electron chi connectivity index (χ3n) is 3.13. The summed E-state index contributed by atoms with van der Waals surface area (Å²) in [6.45, 7) is 0.993. The SMILES string of the molecule is O=C(c1cc(Br)ccc1Cl)N1CCOc2ccccc21. The quantitative estimate of drug-likeness (QED) is 0.772. The van der Waals surface area contributed by atoms with Crippen LogP contribution in [-0.2, 0) is 0 Å². The van der Waals surface area contributed by atoms with Crippen LogP contribution in [0.1, 0.15) is 10.4 Å². The Morgan fingerprint density at radius 3 is 2.90 bits per heavy atom. The Balaban J connectivity index is 2.02. The molecule has 20 heavy (non-hydrogen) atoms. The number of anilines is 1. The summed E-state index contributed by atoms with van der Waals surface area (Å²) in [5, 5.41) is 0.446. The Hall–Kier alpha value is -1.52. The summed E-state index contributed by atoms with van der Waals surface area (Å²) in [6.07, 6.45) is 0. The lowest BCUT2D eigenvalue weighted by atomic mass is 10.1. The van der Waals surface area contributed by atoms with E-state index in [1.54, 1.807) is 17.0 Å². The second-order valence-corrected chi connectivity index (χ2v) is 5.72. The van der Waals surface area contributed by atoms with Crippen molar-refractivity contribution >= 4 is 39.1 Å². The third-order valence-corrected chi connectivity index (χ3v) is 3.96. The number of carbonyl (C=O) groups excluding carboxylic acids is 1. The van der Waals surface area contributed by atoms with Crippen LogP contribution in [0, 0.1) is 0 Å². The number of hydrogen-bond donors (Lipinski definition) is 0. The van der Waals surface area contributed by atoms with Crippen molar-refractivity contribution in [1.29, 1.82) is 0 Å². The summed E-state index contributed by atoms with van der Waals surface area (Å²) in [6, 6.07) is 12.8. The minimum Gasteiger partial charge on any atom is -0.490 e. The first-order chi connectivity index (χ1) is 9.66. The van der Waals surface area contributed by atoms with E-state index in [0.29, 0.717) is 23.7 Å². The highest BCUT2D eigenvalue weighted by Crippen LogP contribution is 2.33. The standard InChI is InChI=1S/C15H11BrClNO2/c16-10-5-6-12(17)11(9-10)15(19)18-7-8-20-14-4-2-1-3-13(14)18/h1-6,9H,7-8H2. The number of rotatable bonds is 1. The van der Waals surface area contributed by atoms with E-state index in [9.17, 15) is 4.79 Å². The van der Waals surface area contributed by atoms with Crippen molar-refractivity contribution in [3.63, 3.8) is 0 Å². The summed E-state index contributed by atoms with van der Waals surface area (Å²) in [5.74, 6) is 0.602. The van der Waals surface area contributed by atoms with Gasteiger partial charge in [-0.15, -0.1) is 0 Å². The Kier molecular flexibility index (Phi) is 3.68. The van der Waals surface area contributed by atoms with Crippen LogP contribution in [0.2, 0.25) is 5.02 Å². The molecule has 0 aliphatic carbocycles. The van der Waals surface area contributed by atoms with Crippen LogP contribution in [0.25, 0.3) is 0 Å². The van der Waals surface area contributed by atoms with Crippen LogP contribution in [0.3, 0.4) is 0 Å². The molecule has 2 aromatic carbocycles. The van der Waals surface area contributed by atoms with Crippen molar-refractivity contribution in [2.24, 2.45) is 0 Å². The predicted molar refractivity (Wildman–Crippen MR) is 82.8 cm³/mol. The number of fused-ring (bicyclic) bond motifs is 1. The fourth-order valence-electron chi connectivity index (χ4n) is 2.19. The van der Waals surface area contributed by atoms with Crippen molar-refractivity contribution < 1.29 is 9.53 Å². The van der Waals surface area contributed by atoms with E-state index >= 15 is 0 Å². The van der Waals surface area contributed by atoms with E-state index in [4.69, 9.17) is 16.3 Å². The fraction of sp³-hybridized carbons (Fsp3) is 0.133. The molecule has 3 rings (SSSR count). The summed E-state index contributed by atoms with van der Waals surface area (Å²) in [7, 11) is 0. The Morgan fingerprint density at radius 1 is 1.25 bits per heavy atom. The number of halogens is 2. The van der Waals surface area contributed by atoms with Gasteiger partial charge in [-0.2, -0.15) is 0 Å². The zero-order valence-electron chi connectivity index (χ0n) is 10.5. The zero-order valence-corrected chi connectivity index (χ0v) is 12.8. The lowest BCUT2D eigenvalue weighted by Gasteiger charge is -2.29. The molecule has 0 saturated carbocycles. The van der Waals surface area contributed by atoms with Crippen molar-refractivity contribution in [2.75, 3.05) is 18.1 Å². The van der Waals surface area contributed by atoms with Crippen molar-refractivity contribution in [1.82, 2.24) is 0 Å². The van der Waals surface area contributed by atoms with Gasteiger partial charge in [0.15, 0.2) is 0 Å². The maximum Gasteiger partial charge on any atom is 0.260 e. The molecule has 1 heterocycles. The minimum atomic E-state index is -0.118. The maximum absolute atomic E-state index is 12.7. The molecule has 0 aromatic heterocycles. The maximum atomic E-state index is 12.7. The van der Waals surface area contributed by atoms with Crippen LogP contribution in [-0.4, -0.2) is 19.1 Å². The molecule has 1 aliphatic rings. The Bertz CT molecular complexity index is 675. The van der Waals surface area contributed by atoms with Gasteiger partial charge in [0.2, 0.25) is 0 Å². The average molecular weight is 353 g/mol. The molecule has 2 aromatic rings. The molecule has 102 valence electrons. The Labute approximate surface area is 130 Å². The van der Waals surface area contributed by atoms with Gasteiger partial charge in [-0.25, -0.2) is 0 Å². The molecule has 0 bridgehead atoms. The first kappa shape index (κ1) is 13.5. The van der Waals surface area contributed by atoms with Gasteiger partial charge in [-0.1, -0.05) is 39.7 Å². The van der Waals surface area contributed by atoms with Gasteiger partial charge in [0, 0.05) is 4.47 Å². The second-order valence-electron chi connectivity index (χ2n) is 4.40. The van der Waals surface area contributed by atoms with Gasteiger partial charge in [0.1, 0.15) is 12.4 Å². The second kappa shape index (κ2) is 5.46. The van der Waals surface area contributed by atoms with Crippen LogP contribution < -0.4 is 9.64 Å². The monoisotopic (exact) mass is 351 g/mol. The highest BCUT2D eigenvalue weighted by atomic mass is 79.9. The number of nitrogens with zero attached hydrogens (tertiary/aromatic N) is 1. The number of benzene rings is 2. The topological polar surface area (TPSA) is 29.5 Å². The van der Waals surface area contributed by atoms with Gasteiger partial charge in [-0.05, 0) is 30.3 Å². The minimum absolute atomic E-state index is 0.118. The Morgan fingerprint density at radius 2 is 2.05 bits per heavy atom. The molecule has 0 saturated heterocycles. The molecule has 0 radical (unpaired) electrons. The number of amides is 1. The predicted octanol–water partition coefficient (Wildman–Crippen LogP) is 4.14. The van der Waals surface area contributed by atoms with Gasteiger partial charge >= 0.3 is 0 Å². The molecule has 1 amide bonds. The molecule has 1 aliphatic heterocycles. The van der Waals surface area contributed by atoms with Gasteiger partial charge < -0.3 is 9.64 Å². The average Bonchev–Trinajstić information content (AvgIpc) is 2.48. The summed E-state index contributed by atoms with van der Waals surface area (Å²) in [4.78, 5) is 14.4. The van der Waals surface area contributed by atoms with Gasteiger partial charge in [0.05, 0.1) is 22.8 Å². The van der Waals surface area contributed by atoms with E-state index in [2.05, 4.69) is 15.9 Å². The van der Waals surface area contributed by atoms with E-state index < -0.39 is 0 Å². The lowest BCUT2D eigenvalue weighted by molar-refractivity contribution is 0.0976. The van der Waals surface area contributed by atoms with Crippen molar-refractivity contribution in [3.8, 4) is 5.75 Å². The molecule has 3 nitrogen and oxygen atoms in total. The summed E-state index contributed by atoms with van der Waals surface area (Å²) < 4.78 is 6.38. The highest BCUT2D eigenvalue weighted by Gasteiger charge is 2.25. The molecule has 0 unspecified atom stereocenters. The molecular formula is C15H11BrClNO2. The van der Waals surface area contributed by atoms with Gasteiger partial charge in [-0.3, -0.25) is 4.79 Å². The molecule has 0 fully saturated rings. The number of carbonyl (C=O) groups is 1. The summed E-state index contributed by atoms with van der Waals surface area (Å²) in [5.41, 5.74) is 1.26. The van der Waals surface area contributed by atoms with Crippen LogP contribution >= 0.6 is 27.5 Å². The largest absolute Gasteiger partial charge is 0.490 e. The fourth-order valence-corrected chi connectivity index (χ4v) is 2.75. The van der Waals surface area contributed by atoms with Gasteiger partial charge in [0.25, 0.3) is 5.91 Å². The number of ether oxygens (including phenoxy) is 1. The van der Waals surface area contributed by atoms with E-state index in [-0.39, 0.29) is 5.91 Å². The molecular weight excluding hydrogens is 342 g/mol. The number of para-hydroxylation sites is 2. The molecule has 0 spiro atoms. The van der Waals surface area contributed by atoms with Crippen LogP contribution in [0.15, 0.2) is 46.9 Å². The van der Waals surface area contributed by atoms with E-state index in [0.717, 1.165) is 15.9 Å². The zero-order chi connectivity index (χ0) is 14.1. The molecule has 0 atom stereocenters. The van der Waals surface area contributed by atoms with Crippen molar-refractivity contribution in [3.05, 3.63) is 57.5 Å². The normalized spacial score (nSPS) is 13.6.